The van der Waals surface area contributed by atoms with Crippen LogP contribution in [0.5, 0.6) is 0 Å². The Morgan fingerprint density at radius 2 is 1.40 bits per heavy atom. The van der Waals surface area contributed by atoms with E-state index in [1.165, 1.54) is 0 Å². The molecule has 0 radical (unpaired) electrons. The lowest BCUT2D eigenvalue weighted by molar-refractivity contribution is -0.291. The summed E-state index contributed by atoms with van der Waals surface area (Å²) in [6.07, 6.45) is -11.5. The van der Waals surface area contributed by atoms with Crippen molar-refractivity contribution in [2.45, 2.75) is 24.3 Å². The maximum absolute atomic E-state index is 13.0. The molecule has 10 heteroatoms. The van der Waals surface area contributed by atoms with E-state index in [0.29, 0.717) is 6.07 Å². The first-order chi connectivity index (χ1) is 8.78. The third kappa shape index (κ3) is 3.00. The molecule has 1 atom stereocenters. The summed E-state index contributed by atoms with van der Waals surface area (Å²) in [6.45, 7) is 0. The topological polar surface area (TPSA) is 26.0 Å². The van der Waals surface area contributed by atoms with Crippen LogP contribution in [0.1, 0.15) is 17.2 Å². The monoisotopic (exact) mass is 311 g/mol. The molecule has 0 aliphatic heterocycles. The molecule has 1 aromatic rings. The van der Waals surface area contributed by atoms with E-state index in [1.807, 2.05) is 0 Å². The summed E-state index contributed by atoms with van der Waals surface area (Å²) in [6, 6.07) is -3.03. The second-order valence-corrected chi connectivity index (χ2v) is 3.83. The third-order valence-corrected chi connectivity index (χ3v) is 2.42. The Hall–Kier alpha value is -1.45. The standard InChI is InChI=1S/C10H6F9N/c11-4-1-2-5(6(3-4)9(14,15)16)7(20)8(12,13)10(17,18)19/h1-3,7H,20H2/t7-/m0/s1. The number of halogens is 9. The molecule has 1 aromatic carbocycles. The fourth-order valence-electron chi connectivity index (χ4n) is 1.42. The van der Waals surface area contributed by atoms with Gasteiger partial charge in [-0.1, -0.05) is 6.07 Å². The van der Waals surface area contributed by atoms with Crippen molar-refractivity contribution < 1.29 is 39.5 Å². The number of nitrogens with two attached hydrogens (primary N) is 1. The Morgan fingerprint density at radius 1 is 0.900 bits per heavy atom. The van der Waals surface area contributed by atoms with Gasteiger partial charge >= 0.3 is 18.3 Å². The zero-order chi connectivity index (χ0) is 15.9. The maximum Gasteiger partial charge on any atom is 0.455 e. The van der Waals surface area contributed by atoms with E-state index < -0.39 is 41.3 Å². The minimum atomic E-state index is -6.14. The molecule has 0 spiro atoms. The number of benzene rings is 1. The van der Waals surface area contributed by atoms with E-state index in [0.717, 1.165) is 0 Å². The van der Waals surface area contributed by atoms with E-state index >= 15 is 0 Å². The molecule has 0 bridgehead atoms. The lowest BCUT2D eigenvalue weighted by Crippen LogP contribution is -2.46. The molecule has 20 heavy (non-hydrogen) atoms. The van der Waals surface area contributed by atoms with Gasteiger partial charge in [-0.3, -0.25) is 0 Å². The van der Waals surface area contributed by atoms with Crippen molar-refractivity contribution in [3.63, 3.8) is 0 Å². The highest BCUT2D eigenvalue weighted by Gasteiger charge is 2.62. The van der Waals surface area contributed by atoms with Crippen LogP contribution >= 0.6 is 0 Å². The van der Waals surface area contributed by atoms with Crippen LogP contribution in [0.15, 0.2) is 18.2 Å². The van der Waals surface area contributed by atoms with Gasteiger partial charge in [0.25, 0.3) is 0 Å². The normalized spacial score (nSPS) is 15.3. The first kappa shape index (κ1) is 16.6. The number of hydrogen-bond acceptors (Lipinski definition) is 1. The molecular formula is C10H6F9N. The number of hydrogen-bond donors (Lipinski definition) is 1. The van der Waals surface area contributed by atoms with Crippen LogP contribution in [0.4, 0.5) is 39.5 Å². The molecule has 114 valence electrons. The minimum absolute atomic E-state index is 0.155. The second-order valence-electron chi connectivity index (χ2n) is 3.83. The largest absolute Gasteiger partial charge is 0.455 e. The average Bonchev–Trinajstić information content (AvgIpc) is 2.25. The lowest BCUT2D eigenvalue weighted by Gasteiger charge is -2.27. The van der Waals surface area contributed by atoms with E-state index in [9.17, 15) is 39.5 Å². The average molecular weight is 311 g/mol. The summed E-state index contributed by atoms with van der Waals surface area (Å²) >= 11 is 0. The highest BCUT2D eigenvalue weighted by atomic mass is 19.4. The Labute approximate surface area is 106 Å². The van der Waals surface area contributed by atoms with Gasteiger partial charge in [-0.05, 0) is 17.7 Å². The molecule has 1 nitrogen and oxygen atoms in total. The highest BCUT2D eigenvalue weighted by Crippen LogP contribution is 2.46. The smallest absolute Gasteiger partial charge is 0.319 e. The molecule has 0 saturated carbocycles. The van der Waals surface area contributed by atoms with E-state index in [2.05, 4.69) is 5.73 Å². The van der Waals surface area contributed by atoms with Crippen molar-refractivity contribution in [1.82, 2.24) is 0 Å². The fourth-order valence-corrected chi connectivity index (χ4v) is 1.42. The number of rotatable bonds is 2. The van der Waals surface area contributed by atoms with Crippen LogP contribution in [0.25, 0.3) is 0 Å². The lowest BCUT2D eigenvalue weighted by atomic mass is 9.95. The minimum Gasteiger partial charge on any atom is -0.319 e. The molecule has 0 heterocycles. The Kier molecular flexibility index (Phi) is 4.01. The van der Waals surface area contributed by atoms with Crippen LogP contribution in [-0.4, -0.2) is 12.1 Å². The van der Waals surface area contributed by atoms with Crippen molar-refractivity contribution in [3.05, 3.63) is 35.1 Å². The first-order valence-corrected chi connectivity index (χ1v) is 4.85. The van der Waals surface area contributed by atoms with Crippen LogP contribution in [-0.2, 0) is 6.18 Å². The Bertz CT molecular complexity index is 488. The van der Waals surface area contributed by atoms with Crippen LogP contribution in [0.3, 0.4) is 0 Å². The summed E-state index contributed by atoms with van der Waals surface area (Å²) in [5, 5.41) is 0. The summed E-state index contributed by atoms with van der Waals surface area (Å²) in [5.74, 6) is -7.03. The van der Waals surface area contributed by atoms with E-state index in [-0.39, 0.29) is 12.1 Å². The van der Waals surface area contributed by atoms with E-state index in [4.69, 9.17) is 0 Å². The molecule has 0 saturated heterocycles. The molecule has 1 rings (SSSR count). The molecule has 0 amide bonds. The van der Waals surface area contributed by atoms with Crippen molar-refractivity contribution in [1.29, 1.82) is 0 Å². The zero-order valence-electron chi connectivity index (χ0n) is 9.29. The Morgan fingerprint density at radius 3 is 1.80 bits per heavy atom. The van der Waals surface area contributed by atoms with Crippen LogP contribution in [0.2, 0.25) is 0 Å². The molecule has 0 aliphatic carbocycles. The van der Waals surface area contributed by atoms with Crippen LogP contribution in [0, 0.1) is 5.82 Å². The van der Waals surface area contributed by atoms with Crippen molar-refractivity contribution >= 4 is 0 Å². The van der Waals surface area contributed by atoms with Gasteiger partial charge in [-0.2, -0.15) is 35.1 Å². The fraction of sp³-hybridized carbons (Fsp3) is 0.400. The summed E-state index contributed by atoms with van der Waals surface area (Å²) in [5.41, 5.74) is 1.10. The quantitative estimate of drug-likeness (QED) is 0.820. The predicted octanol–water partition coefficient (Wildman–Crippen LogP) is 4.04. The van der Waals surface area contributed by atoms with E-state index in [1.54, 1.807) is 0 Å². The predicted molar refractivity (Wildman–Crippen MR) is 49.3 cm³/mol. The molecule has 2 N–H and O–H groups in total. The third-order valence-electron chi connectivity index (χ3n) is 2.42. The maximum atomic E-state index is 13.0. The number of alkyl halides is 8. The van der Waals surface area contributed by atoms with Crippen LogP contribution < -0.4 is 5.73 Å². The first-order valence-electron chi connectivity index (χ1n) is 4.85. The molecule has 0 aliphatic rings. The summed E-state index contributed by atoms with van der Waals surface area (Å²) in [7, 11) is 0. The van der Waals surface area contributed by atoms with Gasteiger partial charge in [0.2, 0.25) is 0 Å². The Balaban J connectivity index is 3.41. The SMILES string of the molecule is N[C@@H](c1ccc(F)cc1C(F)(F)F)C(F)(F)C(F)(F)F. The van der Waals surface area contributed by atoms with Crippen molar-refractivity contribution in [3.8, 4) is 0 Å². The summed E-state index contributed by atoms with van der Waals surface area (Å²) < 4.78 is 113. The van der Waals surface area contributed by atoms with Gasteiger partial charge in [0, 0.05) is 0 Å². The molecule has 0 aromatic heterocycles. The molecule has 0 fully saturated rings. The van der Waals surface area contributed by atoms with Gasteiger partial charge in [-0.15, -0.1) is 0 Å². The van der Waals surface area contributed by atoms with Crippen molar-refractivity contribution in [2.24, 2.45) is 5.73 Å². The zero-order valence-corrected chi connectivity index (χ0v) is 9.29. The van der Waals surface area contributed by atoms with Gasteiger partial charge in [0.05, 0.1) is 5.56 Å². The summed E-state index contributed by atoms with van der Waals surface area (Å²) in [4.78, 5) is 0. The van der Waals surface area contributed by atoms with Crippen molar-refractivity contribution in [2.75, 3.05) is 0 Å². The van der Waals surface area contributed by atoms with Gasteiger partial charge in [0.15, 0.2) is 0 Å². The van der Waals surface area contributed by atoms with Gasteiger partial charge in [-0.25, -0.2) is 4.39 Å². The second kappa shape index (κ2) is 4.83. The van der Waals surface area contributed by atoms with Gasteiger partial charge in [0.1, 0.15) is 11.9 Å². The van der Waals surface area contributed by atoms with Gasteiger partial charge < -0.3 is 5.73 Å². The molecule has 0 unspecified atom stereocenters. The molecular weight excluding hydrogens is 305 g/mol. The highest BCUT2D eigenvalue weighted by molar-refractivity contribution is 5.34.